The summed E-state index contributed by atoms with van der Waals surface area (Å²) < 4.78 is 10.4. The van der Waals surface area contributed by atoms with Gasteiger partial charge in [0, 0.05) is 5.34 Å². The van der Waals surface area contributed by atoms with Crippen LogP contribution in [0.2, 0.25) is 0 Å². The van der Waals surface area contributed by atoms with Gasteiger partial charge in [-0.25, -0.2) is 0 Å². The summed E-state index contributed by atoms with van der Waals surface area (Å²) in [6.45, 7) is 0. The van der Waals surface area contributed by atoms with Crippen LogP contribution in [0, 0.1) is 0 Å². The van der Waals surface area contributed by atoms with Crippen molar-refractivity contribution >= 4 is 6.01 Å². The smallest absolute Gasteiger partial charge is 0.0213 e. The van der Waals surface area contributed by atoms with E-state index in [9.17, 15) is 4.48 Å². The third kappa shape index (κ3) is 2.91. The molecule has 0 rings (SSSR count). The first-order chi connectivity index (χ1) is 2.91. The Labute approximate surface area is 32.8 Å². The van der Waals surface area contributed by atoms with Gasteiger partial charge in [0.2, 0.25) is 0 Å². The van der Waals surface area contributed by atoms with Crippen LogP contribution in [-0.4, -0.2) is 6.01 Å². The van der Waals surface area contributed by atoms with Gasteiger partial charge in [0.05, 0.1) is 0 Å². The predicted octanol–water partition coefficient (Wildman–Crippen LogP) is 0.981. The maximum Gasteiger partial charge on any atom is 0.0213 e. The Kier molecular flexibility index (Phi) is 3.20. The van der Waals surface area contributed by atoms with Crippen LogP contribution in [0.3, 0.4) is 0 Å². The fourth-order valence-corrected chi connectivity index (χ4v) is 0.0369. The number of hydrogen-bond acceptors (Lipinski definition) is 2. The van der Waals surface area contributed by atoms with Gasteiger partial charge in [-0.05, 0) is 0 Å². The highest BCUT2D eigenvalue weighted by Crippen LogP contribution is 1.70. The Morgan fingerprint density at radius 3 is 2.50 bits per heavy atom. The summed E-state index contributed by atoms with van der Waals surface area (Å²) in [6, 6.07) is 1.19. The van der Waals surface area contributed by atoms with Crippen LogP contribution in [0.5, 0.6) is 0 Å². The normalized spacial score (nSPS) is 8.17. The molecule has 0 aliphatic heterocycles. The maximum atomic E-state index is 10.4. The highest BCUT2D eigenvalue weighted by Gasteiger charge is 1.39. The minimum Gasteiger partial charge on any atom is -0.421 e. The van der Waals surface area contributed by atoms with Crippen molar-refractivity contribution < 1.29 is 4.48 Å². The van der Waals surface area contributed by atoms with E-state index in [1.54, 1.807) is 5.34 Å². The summed E-state index contributed by atoms with van der Waals surface area (Å²) in [7, 11) is 0. The molecule has 4 nitrogen and oxygen atoms in total. The molecule has 0 saturated heterocycles. The lowest BCUT2D eigenvalue weighted by Gasteiger charge is -1.66. The molecule has 0 unspecified atom stereocenters. The molecule has 0 saturated carbocycles. The van der Waals surface area contributed by atoms with Gasteiger partial charge in [-0.1, -0.05) is 4.48 Å². The first kappa shape index (κ1) is 4.91. The summed E-state index contributed by atoms with van der Waals surface area (Å²) >= 11 is 0. The van der Waals surface area contributed by atoms with Gasteiger partial charge in [-0.2, -0.15) is 0 Å². The zero-order valence-electron chi connectivity index (χ0n) is 2.67. The molecule has 0 radical (unpaired) electrons. The minimum atomic E-state index is 1.19. The molecule has 0 spiro atoms. The van der Waals surface area contributed by atoms with Gasteiger partial charge < -0.3 is 5.41 Å². The molecule has 0 aromatic heterocycles. The molecule has 0 aliphatic rings. The topological polar surface area (TPSA) is 59.4 Å². The van der Waals surface area contributed by atoms with Crippen molar-refractivity contribution in [3.05, 3.63) is 5.41 Å². The monoisotopic (exact) mass is 87.0 g/mol. The van der Waals surface area contributed by atoms with Gasteiger partial charge >= 0.3 is 0 Å². The second-order valence-corrected chi connectivity index (χ2v) is 0.365. The van der Waals surface area contributed by atoms with E-state index in [4.69, 9.17) is 5.41 Å². The van der Waals surface area contributed by atoms with E-state index >= 15 is 0 Å². The van der Waals surface area contributed by atoms with Crippen LogP contribution >= 0.6 is 0 Å². The maximum absolute atomic E-state index is 10.4. The Hall–Kier alpha value is -1.09. The summed E-state index contributed by atoms with van der Waals surface area (Å²) in [5, 5.41) is 13.9. The first-order valence-corrected chi connectivity index (χ1v) is 1.02. The van der Waals surface area contributed by atoms with E-state index in [2.05, 4.69) is 10.3 Å². The second-order valence-electron chi connectivity index (χ2n) is 0.365. The third-order valence-corrected chi connectivity index (χ3v) is 0.123. The molecule has 0 bridgehead atoms. The Morgan fingerprint density at radius 1 is 1.67 bits per heavy atom. The van der Waals surface area contributed by atoms with Crippen LogP contribution in [0.25, 0.3) is 5.41 Å². The van der Waals surface area contributed by atoms with Crippen molar-refractivity contribution in [2.75, 3.05) is 0 Å². The Balaban J connectivity index is 3.33. The van der Waals surface area contributed by atoms with E-state index in [1.165, 1.54) is 6.01 Å². The number of hydrogen-bond donors (Lipinski definition) is 0. The van der Waals surface area contributed by atoms with E-state index in [1.807, 2.05) is 0 Å². The molecule has 0 aliphatic carbocycles. The SMILES string of the molecule is [N-]=C=N/N=N/F. The Morgan fingerprint density at radius 2 is 2.33 bits per heavy atom. The first-order valence-electron chi connectivity index (χ1n) is 1.02. The van der Waals surface area contributed by atoms with Crippen LogP contribution in [-0.2, 0) is 0 Å². The molecule has 0 atom stereocenters. The van der Waals surface area contributed by atoms with Gasteiger partial charge in [-0.3, -0.25) is 5.10 Å². The lowest BCUT2D eigenvalue weighted by Crippen LogP contribution is -1.38. The summed E-state index contributed by atoms with van der Waals surface area (Å²) in [4.78, 5) is 0. The fourth-order valence-electron chi connectivity index (χ4n) is 0.0369. The summed E-state index contributed by atoms with van der Waals surface area (Å²) in [6.07, 6.45) is 0. The van der Waals surface area contributed by atoms with Gasteiger partial charge in [0.15, 0.2) is 0 Å². The fraction of sp³-hybridized carbons (Fsp3) is 0. The average Bonchev–Trinajstić information content (AvgIpc) is 1.61. The molecule has 0 aromatic carbocycles. The largest absolute Gasteiger partial charge is 0.421 e. The number of rotatable bonds is 1. The van der Waals surface area contributed by atoms with Crippen molar-refractivity contribution in [3.8, 4) is 0 Å². The van der Waals surface area contributed by atoms with Crippen LogP contribution in [0.1, 0.15) is 0 Å². The highest BCUT2D eigenvalue weighted by atomic mass is 19.2. The molecule has 0 aromatic rings. The average molecular weight is 87.0 g/mol. The van der Waals surface area contributed by atoms with Crippen LogP contribution in [0.4, 0.5) is 4.48 Å². The van der Waals surface area contributed by atoms with E-state index in [-0.39, 0.29) is 0 Å². The molecular formula is CFN4-. The predicted molar refractivity (Wildman–Crippen MR) is 16.8 cm³/mol. The van der Waals surface area contributed by atoms with Crippen LogP contribution in [0.15, 0.2) is 15.7 Å². The quantitative estimate of drug-likeness (QED) is 0.260. The molecule has 6 heavy (non-hydrogen) atoms. The van der Waals surface area contributed by atoms with Gasteiger partial charge in [0.1, 0.15) is 0 Å². The van der Waals surface area contributed by atoms with Crippen molar-refractivity contribution in [1.29, 1.82) is 0 Å². The molecule has 5 heteroatoms. The number of halogens is 1. The summed E-state index contributed by atoms with van der Waals surface area (Å²) in [5.74, 6) is 0. The lowest BCUT2D eigenvalue weighted by molar-refractivity contribution is 0.480. The molecule has 0 fully saturated rings. The van der Waals surface area contributed by atoms with E-state index in [0.29, 0.717) is 0 Å². The summed E-state index contributed by atoms with van der Waals surface area (Å²) in [5.41, 5.74) is 0. The van der Waals surface area contributed by atoms with Crippen molar-refractivity contribution in [2.24, 2.45) is 15.7 Å². The van der Waals surface area contributed by atoms with E-state index < -0.39 is 0 Å². The highest BCUT2D eigenvalue weighted by molar-refractivity contribution is 5.44. The Bertz CT molecular complexity index is 89.7. The van der Waals surface area contributed by atoms with E-state index in [0.717, 1.165) is 0 Å². The molecule has 0 N–H and O–H groups in total. The van der Waals surface area contributed by atoms with Crippen LogP contribution < -0.4 is 0 Å². The zero-order chi connectivity index (χ0) is 4.83. The van der Waals surface area contributed by atoms with Gasteiger partial charge in [0.25, 0.3) is 0 Å². The van der Waals surface area contributed by atoms with Crippen molar-refractivity contribution in [3.63, 3.8) is 0 Å². The minimum absolute atomic E-state index is 1.19. The molecule has 0 amide bonds. The second kappa shape index (κ2) is 3.91. The number of nitrogens with zero attached hydrogens (tertiary/aromatic N) is 4. The third-order valence-electron chi connectivity index (χ3n) is 0.123. The molecular weight excluding hydrogens is 87.0 g/mol. The van der Waals surface area contributed by atoms with Gasteiger partial charge in [-0.15, -0.1) is 11.2 Å². The standard InChI is InChI=1S/CFN4/c2-5-6-4-1-3/q-1/b6-5+. The molecule has 32 valence electrons. The molecule has 0 heterocycles. The lowest BCUT2D eigenvalue weighted by atomic mass is 11.6. The van der Waals surface area contributed by atoms with Crippen molar-refractivity contribution in [2.45, 2.75) is 0 Å². The van der Waals surface area contributed by atoms with Crippen molar-refractivity contribution in [1.82, 2.24) is 0 Å². The zero-order valence-corrected chi connectivity index (χ0v) is 2.67.